The normalized spacial score (nSPS) is 20.2. The quantitative estimate of drug-likeness (QED) is 0.850. The maximum Gasteiger partial charge on any atom is 0.0650 e. The van der Waals surface area contributed by atoms with E-state index in [4.69, 9.17) is 0 Å². The molecule has 1 saturated carbocycles. The van der Waals surface area contributed by atoms with Crippen molar-refractivity contribution in [1.29, 1.82) is 0 Å². The van der Waals surface area contributed by atoms with Crippen LogP contribution >= 0.6 is 0 Å². The largest absolute Gasteiger partial charge is 0.392 e. The summed E-state index contributed by atoms with van der Waals surface area (Å²) in [4.78, 5) is 0. The molecule has 1 N–H and O–H groups in total. The first-order valence-electron chi connectivity index (χ1n) is 8.31. The van der Waals surface area contributed by atoms with Gasteiger partial charge in [0, 0.05) is 12.6 Å². The van der Waals surface area contributed by atoms with Crippen LogP contribution in [0.2, 0.25) is 0 Å². The first-order chi connectivity index (χ1) is 9.59. The molecular weight excluding hydrogens is 248 g/mol. The van der Waals surface area contributed by atoms with Crippen LogP contribution in [-0.2, 0) is 6.42 Å². The topological polar surface area (TPSA) is 38.0 Å². The Morgan fingerprint density at radius 1 is 1.25 bits per heavy atom. The Morgan fingerprint density at radius 2 is 1.90 bits per heavy atom. The lowest BCUT2D eigenvalue weighted by molar-refractivity contribution is 0.00966. The second kappa shape index (κ2) is 6.75. The van der Waals surface area contributed by atoms with Gasteiger partial charge >= 0.3 is 0 Å². The molecule has 1 heterocycles. The van der Waals surface area contributed by atoms with Gasteiger partial charge in [-0.25, -0.2) is 0 Å². The van der Waals surface area contributed by atoms with E-state index in [2.05, 4.69) is 42.8 Å². The standard InChI is InChI=1S/C17H30N2O/c1-4-15(5-2)19-12-9-14(18-19)13-16(20)17(3)10-7-6-8-11-17/h9,12,15-16,20H,4-8,10-11,13H2,1-3H3. The van der Waals surface area contributed by atoms with Gasteiger partial charge in [-0.05, 0) is 37.2 Å². The van der Waals surface area contributed by atoms with E-state index in [0.29, 0.717) is 12.5 Å². The zero-order chi connectivity index (χ0) is 14.6. The fraction of sp³-hybridized carbons (Fsp3) is 0.824. The van der Waals surface area contributed by atoms with Crippen molar-refractivity contribution < 1.29 is 5.11 Å². The van der Waals surface area contributed by atoms with Crippen molar-refractivity contribution in [1.82, 2.24) is 9.78 Å². The molecule has 1 aliphatic rings. The summed E-state index contributed by atoms with van der Waals surface area (Å²) >= 11 is 0. The third-order valence-corrected chi connectivity index (χ3v) is 5.18. The van der Waals surface area contributed by atoms with Crippen LogP contribution in [0.25, 0.3) is 0 Å². The number of aliphatic hydroxyl groups is 1. The molecular formula is C17H30N2O. The van der Waals surface area contributed by atoms with Crippen molar-refractivity contribution in [3.8, 4) is 0 Å². The molecule has 0 amide bonds. The van der Waals surface area contributed by atoms with Gasteiger partial charge in [0.2, 0.25) is 0 Å². The summed E-state index contributed by atoms with van der Waals surface area (Å²) < 4.78 is 2.07. The number of aliphatic hydroxyl groups excluding tert-OH is 1. The summed E-state index contributed by atoms with van der Waals surface area (Å²) in [6.45, 7) is 6.65. The van der Waals surface area contributed by atoms with Gasteiger partial charge in [-0.3, -0.25) is 4.68 Å². The number of hydrogen-bond donors (Lipinski definition) is 1. The molecule has 3 nitrogen and oxygen atoms in total. The molecule has 114 valence electrons. The second-order valence-electron chi connectivity index (χ2n) is 6.69. The molecule has 1 aromatic rings. The SMILES string of the molecule is CCC(CC)n1ccc(CC(O)C2(C)CCCCC2)n1. The van der Waals surface area contributed by atoms with Gasteiger partial charge in [-0.2, -0.15) is 5.10 Å². The van der Waals surface area contributed by atoms with Crippen molar-refractivity contribution in [3.63, 3.8) is 0 Å². The van der Waals surface area contributed by atoms with Crippen LogP contribution in [-0.4, -0.2) is 21.0 Å². The summed E-state index contributed by atoms with van der Waals surface area (Å²) in [5.41, 5.74) is 1.13. The number of nitrogens with zero attached hydrogens (tertiary/aromatic N) is 2. The van der Waals surface area contributed by atoms with E-state index in [9.17, 15) is 5.11 Å². The van der Waals surface area contributed by atoms with Crippen LogP contribution in [0.4, 0.5) is 0 Å². The van der Waals surface area contributed by atoms with E-state index in [0.717, 1.165) is 31.4 Å². The summed E-state index contributed by atoms with van der Waals surface area (Å²) in [7, 11) is 0. The summed E-state index contributed by atoms with van der Waals surface area (Å²) in [6.07, 6.45) is 10.9. The molecule has 0 saturated heterocycles. The first kappa shape index (κ1) is 15.6. The molecule has 20 heavy (non-hydrogen) atoms. The van der Waals surface area contributed by atoms with Crippen LogP contribution in [0.3, 0.4) is 0 Å². The Balaban J connectivity index is 1.99. The molecule has 1 unspecified atom stereocenters. The molecule has 1 atom stereocenters. The minimum Gasteiger partial charge on any atom is -0.392 e. The third-order valence-electron chi connectivity index (χ3n) is 5.18. The minimum atomic E-state index is -0.257. The van der Waals surface area contributed by atoms with E-state index in [1.807, 2.05) is 0 Å². The van der Waals surface area contributed by atoms with Crippen molar-refractivity contribution in [2.24, 2.45) is 5.41 Å². The lowest BCUT2D eigenvalue weighted by atomic mass is 9.71. The molecule has 1 aliphatic carbocycles. The fourth-order valence-corrected chi connectivity index (χ4v) is 3.49. The predicted molar refractivity (Wildman–Crippen MR) is 82.7 cm³/mol. The molecule has 1 fully saturated rings. The molecule has 0 radical (unpaired) electrons. The zero-order valence-electron chi connectivity index (χ0n) is 13.3. The monoisotopic (exact) mass is 278 g/mol. The zero-order valence-corrected chi connectivity index (χ0v) is 13.3. The predicted octanol–water partition coefficient (Wildman–Crippen LogP) is 4.12. The Bertz CT molecular complexity index is 403. The van der Waals surface area contributed by atoms with E-state index < -0.39 is 0 Å². The minimum absolute atomic E-state index is 0.0942. The molecule has 0 aromatic carbocycles. The Hall–Kier alpha value is -0.830. The van der Waals surface area contributed by atoms with Gasteiger partial charge in [0.05, 0.1) is 17.8 Å². The Kier molecular flexibility index (Phi) is 5.25. The van der Waals surface area contributed by atoms with Crippen LogP contribution in [0.15, 0.2) is 12.3 Å². The van der Waals surface area contributed by atoms with Gasteiger partial charge < -0.3 is 5.11 Å². The smallest absolute Gasteiger partial charge is 0.0650 e. The third kappa shape index (κ3) is 3.43. The van der Waals surface area contributed by atoms with Crippen LogP contribution < -0.4 is 0 Å². The number of hydrogen-bond acceptors (Lipinski definition) is 2. The first-order valence-corrected chi connectivity index (χ1v) is 8.31. The molecule has 1 aromatic heterocycles. The summed E-state index contributed by atoms with van der Waals surface area (Å²) in [5, 5.41) is 15.3. The van der Waals surface area contributed by atoms with Crippen LogP contribution in [0.1, 0.15) is 77.5 Å². The van der Waals surface area contributed by atoms with E-state index >= 15 is 0 Å². The van der Waals surface area contributed by atoms with Gasteiger partial charge in [0.15, 0.2) is 0 Å². The fourth-order valence-electron chi connectivity index (χ4n) is 3.49. The van der Waals surface area contributed by atoms with Crippen molar-refractivity contribution >= 4 is 0 Å². The maximum absolute atomic E-state index is 10.6. The number of rotatable bonds is 6. The number of aromatic nitrogens is 2. The van der Waals surface area contributed by atoms with E-state index in [-0.39, 0.29) is 11.5 Å². The molecule has 3 heteroatoms. The van der Waals surface area contributed by atoms with Gasteiger partial charge in [0.25, 0.3) is 0 Å². The van der Waals surface area contributed by atoms with Crippen molar-refractivity contribution in [2.45, 2.75) is 84.3 Å². The highest BCUT2D eigenvalue weighted by Crippen LogP contribution is 2.39. The lowest BCUT2D eigenvalue weighted by Gasteiger charge is -2.37. The molecule has 2 rings (SSSR count). The van der Waals surface area contributed by atoms with Gasteiger partial charge in [-0.1, -0.05) is 40.0 Å². The van der Waals surface area contributed by atoms with E-state index in [1.165, 1.54) is 19.3 Å². The van der Waals surface area contributed by atoms with E-state index in [1.54, 1.807) is 0 Å². The average Bonchev–Trinajstić information content (AvgIpc) is 2.89. The Morgan fingerprint density at radius 3 is 2.50 bits per heavy atom. The van der Waals surface area contributed by atoms with Gasteiger partial charge in [-0.15, -0.1) is 0 Å². The second-order valence-corrected chi connectivity index (χ2v) is 6.69. The highest BCUT2D eigenvalue weighted by molar-refractivity contribution is 5.03. The summed E-state index contributed by atoms with van der Waals surface area (Å²) in [5.74, 6) is 0. The average molecular weight is 278 g/mol. The van der Waals surface area contributed by atoms with Crippen LogP contribution in [0.5, 0.6) is 0 Å². The van der Waals surface area contributed by atoms with Crippen molar-refractivity contribution in [2.75, 3.05) is 0 Å². The highest BCUT2D eigenvalue weighted by atomic mass is 16.3. The maximum atomic E-state index is 10.6. The summed E-state index contributed by atoms with van der Waals surface area (Å²) in [6, 6.07) is 2.57. The van der Waals surface area contributed by atoms with Crippen molar-refractivity contribution in [3.05, 3.63) is 18.0 Å². The molecule has 0 spiro atoms. The molecule has 0 aliphatic heterocycles. The Labute approximate surface area is 123 Å². The highest BCUT2D eigenvalue weighted by Gasteiger charge is 2.34. The van der Waals surface area contributed by atoms with Crippen LogP contribution in [0, 0.1) is 5.41 Å². The lowest BCUT2D eigenvalue weighted by Crippen LogP contribution is -2.36. The molecule has 0 bridgehead atoms. The van der Waals surface area contributed by atoms with Gasteiger partial charge in [0.1, 0.15) is 0 Å².